The summed E-state index contributed by atoms with van der Waals surface area (Å²) in [6.45, 7) is 2.04. The molecule has 0 aromatic heterocycles. The maximum atomic E-state index is 13.3. The maximum Gasteiger partial charge on any atom is 0.245 e. The van der Waals surface area contributed by atoms with Crippen molar-refractivity contribution in [1.82, 2.24) is 4.31 Å². The highest BCUT2D eigenvalue weighted by molar-refractivity contribution is 7.89. The minimum absolute atomic E-state index is 0.00731. The molecule has 0 saturated heterocycles. The average molecular weight is 318 g/mol. The van der Waals surface area contributed by atoms with Gasteiger partial charge in [0.2, 0.25) is 10.0 Å². The number of nitrogens with two attached hydrogens (primary N) is 1. The second-order valence-electron chi connectivity index (χ2n) is 4.87. The van der Waals surface area contributed by atoms with Gasteiger partial charge in [-0.15, -0.1) is 0 Å². The summed E-state index contributed by atoms with van der Waals surface area (Å²) in [5.74, 6) is -0.655. The zero-order chi connectivity index (χ0) is 15.9. The minimum Gasteiger partial charge on any atom is -0.398 e. The van der Waals surface area contributed by atoms with Crippen LogP contribution in [0.2, 0.25) is 0 Å². The van der Waals surface area contributed by atoms with Gasteiger partial charge in [-0.05, 0) is 24.6 Å². The van der Waals surface area contributed by atoms with Crippen molar-refractivity contribution >= 4 is 15.7 Å². The van der Waals surface area contributed by atoms with Crippen LogP contribution in [0.4, 0.5) is 10.1 Å². The first-order valence-corrected chi connectivity index (χ1v) is 8.53. The van der Waals surface area contributed by atoms with Gasteiger partial charge >= 0.3 is 0 Å². The van der Waals surface area contributed by atoms with E-state index in [-0.39, 0.29) is 23.7 Å². The lowest BCUT2D eigenvalue weighted by atomic mass is 10.2. The summed E-state index contributed by atoms with van der Waals surface area (Å²) >= 11 is 0. The standard InChI is InChI=1S/C14H23FN2O3S/c1-2-3-4-5-8-17(9-10-18)21(19,20)14-11-12(15)6-7-13(14)16/h6-7,11,18H,2-5,8-10,16H2,1H3. The van der Waals surface area contributed by atoms with E-state index < -0.39 is 15.8 Å². The normalized spacial score (nSPS) is 12.0. The number of halogens is 1. The summed E-state index contributed by atoms with van der Waals surface area (Å²) < 4.78 is 39.5. The molecule has 0 spiro atoms. The molecule has 0 heterocycles. The third kappa shape index (κ3) is 4.94. The third-order valence-corrected chi connectivity index (χ3v) is 5.16. The van der Waals surface area contributed by atoms with Crippen LogP contribution in [0.5, 0.6) is 0 Å². The van der Waals surface area contributed by atoms with Crippen molar-refractivity contribution in [2.45, 2.75) is 37.5 Å². The number of aliphatic hydroxyl groups excluding tert-OH is 1. The Bertz CT molecular complexity index is 549. The van der Waals surface area contributed by atoms with E-state index in [4.69, 9.17) is 10.8 Å². The number of hydrogen-bond donors (Lipinski definition) is 2. The summed E-state index contributed by atoms with van der Waals surface area (Å²) in [7, 11) is -3.90. The van der Waals surface area contributed by atoms with Gasteiger partial charge in [0.05, 0.1) is 12.3 Å². The van der Waals surface area contributed by atoms with Crippen LogP contribution in [0.1, 0.15) is 32.6 Å². The van der Waals surface area contributed by atoms with Crippen molar-refractivity contribution < 1.29 is 17.9 Å². The lowest BCUT2D eigenvalue weighted by molar-refractivity contribution is 0.251. The molecule has 5 nitrogen and oxygen atoms in total. The molecule has 120 valence electrons. The van der Waals surface area contributed by atoms with E-state index in [1.165, 1.54) is 6.07 Å². The number of benzene rings is 1. The lowest BCUT2D eigenvalue weighted by Gasteiger charge is -2.22. The Kier molecular flexibility index (Phi) is 7.07. The van der Waals surface area contributed by atoms with Gasteiger partial charge in [0.25, 0.3) is 0 Å². The number of sulfonamides is 1. The van der Waals surface area contributed by atoms with Crippen LogP contribution < -0.4 is 5.73 Å². The topological polar surface area (TPSA) is 83.6 Å². The highest BCUT2D eigenvalue weighted by Gasteiger charge is 2.26. The average Bonchev–Trinajstić information content (AvgIpc) is 2.44. The number of nitrogens with zero attached hydrogens (tertiary/aromatic N) is 1. The van der Waals surface area contributed by atoms with Crippen molar-refractivity contribution in [3.05, 3.63) is 24.0 Å². The van der Waals surface area contributed by atoms with E-state index in [0.717, 1.165) is 35.7 Å². The van der Waals surface area contributed by atoms with Crippen molar-refractivity contribution in [3.63, 3.8) is 0 Å². The number of aliphatic hydroxyl groups is 1. The zero-order valence-corrected chi connectivity index (χ0v) is 13.1. The zero-order valence-electron chi connectivity index (χ0n) is 12.3. The molecule has 1 aromatic carbocycles. The Morgan fingerprint density at radius 1 is 1.24 bits per heavy atom. The first-order valence-electron chi connectivity index (χ1n) is 7.09. The van der Waals surface area contributed by atoms with Gasteiger partial charge < -0.3 is 10.8 Å². The van der Waals surface area contributed by atoms with Crippen molar-refractivity contribution in [3.8, 4) is 0 Å². The molecule has 21 heavy (non-hydrogen) atoms. The smallest absolute Gasteiger partial charge is 0.245 e. The molecule has 1 aromatic rings. The molecule has 0 amide bonds. The molecule has 0 radical (unpaired) electrons. The maximum absolute atomic E-state index is 13.3. The molecule has 0 atom stereocenters. The van der Waals surface area contributed by atoms with E-state index in [2.05, 4.69) is 6.92 Å². The number of nitrogen functional groups attached to an aromatic ring is 1. The van der Waals surface area contributed by atoms with Crippen LogP contribution in [0.3, 0.4) is 0 Å². The molecule has 1 rings (SSSR count). The Morgan fingerprint density at radius 2 is 1.95 bits per heavy atom. The van der Waals surface area contributed by atoms with Crippen LogP contribution in [0.15, 0.2) is 23.1 Å². The van der Waals surface area contributed by atoms with Gasteiger partial charge in [0.15, 0.2) is 0 Å². The monoisotopic (exact) mass is 318 g/mol. The number of anilines is 1. The molecule has 0 fully saturated rings. The van der Waals surface area contributed by atoms with Crippen molar-refractivity contribution in [2.24, 2.45) is 0 Å². The number of rotatable bonds is 9. The largest absolute Gasteiger partial charge is 0.398 e. The molecule has 3 N–H and O–H groups in total. The van der Waals surface area contributed by atoms with E-state index in [9.17, 15) is 12.8 Å². The first kappa shape index (κ1) is 17.9. The second kappa shape index (κ2) is 8.31. The SMILES string of the molecule is CCCCCCN(CCO)S(=O)(=O)c1cc(F)ccc1N. The Labute approximate surface area is 125 Å². The quantitative estimate of drug-likeness (QED) is 0.538. The Balaban J connectivity index is 2.95. The third-order valence-electron chi connectivity index (χ3n) is 3.20. The van der Waals surface area contributed by atoms with E-state index in [0.29, 0.717) is 13.0 Å². The number of hydrogen-bond acceptors (Lipinski definition) is 4. The van der Waals surface area contributed by atoms with Gasteiger partial charge in [-0.3, -0.25) is 0 Å². The van der Waals surface area contributed by atoms with Gasteiger partial charge in [-0.2, -0.15) is 4.31 Å². The summed E-state index contributed by atoms with van der Waals surface area (Å²) in [6, 6.07) is 3.27. The van der Waals surface area contributed by atoms with Gasteiger partial charge in [0, 0.05) is 13.1 Å². The summed E-state index contributed by atoms with van der Waals surface area (Å²) in [5, 5.41) is 9.06. The Hall–Kier alpha value is -1.18. The van der Waals surface area contributed by atoms with E-state index in [1.54, 1.807) is 0 Å². The summed E-state index contributed by atoms with van der Waals surface area (Å²) in [5.41, 5.74) is 5.66. The minimum atomic E-state index is -3.90. The van der Waals surface area contributed by atoms with E-state index >= 15 is 0 Å². The fourth-order valence-electron chi connectivity index (χ4n) is 2.05. The predicted octanol–water partition coefficient (Wildman–Crippen LogP) is 1.97. The van der Waals surface area contributed by atoms with Crippen LogP contribution >= 0.6 is 0 Å². The molecule has 0 aliphatic heterocycles. The molecular weight excluding hydrogens is 295 g/mol. The van der Waals surface area contributed by atoms with Crippen molar-refractivity contribution in [1.29, 1.82) is 0 Å². The van der Waals surface area contributed by atoms with Gasteiger partial charge in [-0.25, -0.2) is 12.8 Å². The lowest BCUT2D eigenvalue weighted by Crippen LogP contribution is -2.35. The van der Waals surface area contributed by atoms with Crippen LogP contribution in [-0.2, 0) is 10.0 Å². The van der Waals surface area contributed by atoms with Crippen LogP contribution in [0.25, 0.3) is 0 Å². The fourth-order valence-corrected chi connectivity index (χ4v) is 3.65. The van der Waals surface area contributed by atoms with Crippen molar-refractivity contribution in [2.75, 3.05) is 25.4 Å². The fraction of sp³-hybridized carbons (Fsp3) is 0.571. The molecule has 0 saturated carbocycles. The van der Waals surface area contributed by atoms with E-state index in [1.807, 2.05) is 0 Å². The Morgan fingerprint density at radius 3 is 2.57 bits per heavy atom. The molecule has 0 bridgehead atoms. The van der Waals surface area contributed by atoms with Gasteiger partial charge in [-0.1, -0.05) is 26.2 Å². The highest BCUT2D eigenvalue weighted by atomic mass is 32.2. The molecule has 7 heteroatoms. The molecule has 0 unspecified atom stereocenters. The number of unbranched alkanes of at least 4 members (excludes halogenated alkanes) is 3. The van der Waals surface area contributed by atoms with Crippen LogP contribution in [0, 0.1) is 5.82 Å². The van der Waals surface area contributed by atoms with Gasteiger partial charge in [0.1, 0.15) is 10.7 Å². The molecule has 0 aliphatic rings. The molecular formula is C14H23FN2O3S. The highest BCUT2D eigenvalue weighted by Crippen LogP contribution is 2.23. The second-order valence-corrected chi connectivity index (χ2v) is 6.78. The molecule has 0 aliphatic carbocycles. The van der Waals surface area contributed by atoms with Crippen LogP contribution in [-0.4, -0.2) is 37.5 Å². The summed E-state index contributed by atoms with van der Waals surface area (Å²) in [4.78, 5) is -0.244. The predicted molar refractivity (Wildman–Crippen MR) is 80.8 cm³/mol. The first-order chi connectivity index (χ1) is 9.93. The summed E-state index contributed by atoms with van der Waals surface area (Å²) in [6.07, 6.45) is 3.67.